The van der Waals surface area contributed by atoms with E-state index in [0.717, 1.165) is 54.5 Å². The molecule has 202 valence electrons. The van der Waals surface area contributed by atoms with Gasteiger partial charge in [0.2, 0.25) is 0 Å². The third-order valence-corrected chi connectivity index (χ3v) is 11.4. The predicted octanol–water partition coefficient (Wildman–Crippen LogP) is 5.89. The first-order valence-electron chi connectivity index (χ1n) is 14.7. The van der Waals surface area contributed by atoms with Crippen molar-refractivity contribution in [2.45, 2.75) is 96.6 Å². The Morgan fingerprint density at radius 1 is 1.14 bits per heavy atom. The molecule has 1 aromatic rings. The third-order valence-electron chi connectivity index (χ3n) is 11.4. The number of nitrogens with zero attached hydrogens (tertiary/aromatic N) is 1. The van der Waals surface area contributed by atoms with Gasteiger partial charge in [0.05, 0.1) is 29.9 Å². The Bertz CT molecular complexity index is 1040. The topological polar surface area (TPSA) is 82.4 Å². The molecule has 0 saturated heterocycles. The molecule has 1 unspecified atom stereocenters. The van der Waals surface area contributed by atoms with Gasteiger partial charge in [-0.25, -0.2) is 4.79 Å². The zero-order chi connectivity index (χ0) is 26.4. The van der Waals surface area contributed by atoms with Crippen LogP contribution >= 0.6 is 0 Å². The first-order valence-corrected chi connectivity index (χ1v) is 14.7. The van der Waals surface area contributed by atoms with Crippen LogP contribution in [0.15, 0.2) is 18.2 Å². The van der Waals surface area contributed by atoms with Crippen molar-refractivity contribution in [1.82, 2.24) is 5.32 Å². The smallest absolute Gasteiger partial charge is 0.338 e. The summed E-state index contributed by atoms with van der Waals surface area (Å²) in [7, 11) is 1.40. The summed E-state index contributed by atoms with van der Waals surface area (Å²) in [6.45, 7) is 7.79. The maximum atomic E-state index is 12.2. The van der Waals surface area contributed by atoms with Gasteiger partial charge in [-0.15, -0.1) is 0 Å². The Balaban J connectivity index is 1.22. The highest BCUT2D eigenvalue weighted by atomic mass is 16.5. The van der Waals surface area contributed by atoms with Gasteiger partial charge in [-0.2, -0.15) is 5.26 Å². The van der Waals surface area contributed by atoms with E-state index in [1.54, 1.807) is 12.1 Å². The second kappa shape index (κ2) is 10.3. The molecule has 2 N–H and O–H groups in total. The lowest BCUT2D eigenvalue weighted by Crippen LogP contribution is -2.52. The van der Waals surface area contributed by atoms with Gasteiger partial charge in [0.15, 0.2) is 0 Å². The average molecular weight is 507 g/mol. The molecule has 0 radical (unpaired) electrons. The molecule has 1 aromatic carbocycles. The zero-order valence-electron chi connectivity index (χ0n) is 23.3. The summed E-state index contributed by atoms with van der Waals surface area (Å²) in [5.41, 5.74) is 1.98. The lowest BCUT2D eigenvalue weighted by Gasteiger charge is -2.57. The molecule has 4 aliphatic carbocycles. The summed E-state index contributed by atoms with van der Waals surface area (Å²) in [4.78, 5) is 12.2. The lowest BCUT2D eigenvalue weighted by molar-refractivity contribution is -0.101. The largest absolute Gasteiger partial charge is 0.465 e. The normalized spacial score (nSPS) is 39.6. The van der Waals surface area contributed by atoms with Crippen LogP contribution < -0.4 is 5.32 Å². The van der Waals surface area contributed by atoms with E-state index in [9.17, 15) is 15.2 Å². The second-order valence-electron chi connectivity index (χ2n) is 13.4. The van der Waals surface area contributed by atoms with Crippen LogP contribution in [0.3, 0.4) is 0 Å². The summed E-state index contributed by atoms with van der Waals surface area (Å²) in [6.07, 6.45) is 12.0. The SMILES string of the molecule is COC(=O)c1ccc(C#N)cc1CCN[C@H](C)C1CC[C@H]2[C@@H]3CC[C@@H]4C[C@](C)(O)CC[C@@H]4[C@H]3CC[C@]12C. The molecule has 5 heteroatoms. The molecular weight excluding hydrogens is 460 g/mol. The van der Waals surface area contributed by atoms with E-state index in [1.807, 2.05) is 6.07 Å². The summed E-state index contributed by atoms with van der Waals surface area (Å²) < 4.78 is 4.96. The highest BCUT2D eigenvalue weighted by molar-refractivity contribution is 5.91. The Kier molecular flexibility index (Phi) is 7.46. The van der Waals surface area contributed by atoms with Gasteiger partial charge in [-0.1, -0.05) is 6.92 Å². The molecule has 5 rings (SSSR count). The molecule has 0 heterocycles. The van der Waals surface area contributed by atoms with E-state index < -0.39 is 5.60 Å². The van der Waals surface area contributed by atoms with E-state index in [1.165, 1.54) is 52.1 Å². The van der Waals surface area contributed by atoms with Crippen molar-refractivity contribution in [1.29, 1.82) is 5.26 Å². The minimum atomic E-state index is -0.440. The van der Waals surface area contributed by atoms with Gasteiger partial charge in [-0.05, 0) is 149 Å². The van der Waals surface area contributed by atoms with E-state index in [-0.39, 0.29) is 5.97 Å². The van der Waals surface area contributed by atoms with Gasteiger partial charge in [0.25, 0.3) is 0 Å². The maximum absolute atomic E-state index is 12.2. The van der Waals surface area contributed by atoms with Crippen LogP contribution in [-0.2, 0) is 11.2 Å². The first kappa shape index (κ1) is 26.7. The van der Waals surface area contributed by atoms with Gasteiger partial charge < -0.3 is 15.2 Å². The summed E-state index contributed by atoms with van der Waals surface area (Å²) in [6, 6.07) is 7.84. The molecule has 0 bridgehead atoms. The number of hydrogen-bond donors (Lipinski definition) is 2. The monoisotopic (exact) mass is 506 g/mol. The molecule has 4 fully saturated rings. The van der Waals surface area contributed by atoms with Crippen molar-refractivity contribution in [3.63, 3.8) is 0 Å². The molecule has 37 heavy (non-hydrogen) atoms. The molecular formula is C32H46N2O3. The van der Waals surface area contributed by atoms with E-state index in [2.05, 4.69) is 32.2 Å². The number of aliphatic hydroxyl groups is 1. The third kappa shape index (κ3) is 4.97. The molecule has 0 aliphatic heterocycles. The molecule has 4 aliphatic rings. The number of ether oxygens (including phenoxy) is 1. The second-order valence-corrected chi connectivity index (χ2v) is 13.4. The summed E-state index contributed by atoms with van der Waals surface area (Å²) >= 11 is 0. The number of carbonyl (C=O) groups excluding carboxylic acids is 1. The number of rotatable bonds is 6. The number of benzene rings is 1. The number of nitriles is 1. The van der Waals surface area contributed by atoms with Gasteiger partial charge in [0, 0.05) is 6.04 Å². The minimum Gasteiger partial charge on any atom is -0.465 e. The van der Waals surface area contributed by atoms with Crippen LogP contribution in [0.25, 0.3) is 0 Å². The van der Waals surface area contributed by atoms with Crippen molar-refractivity contribution in [3.8, 4) is 6.07 Å². The van der Waals surface area contributed by atoms with Crippen LogP contribution in [0.5, 0.6) is 0 Å². The predicted molar refractivity (Wildman–Crippen MR) is 145 cm³/mol. The highest BCUT2D eigenvalue weighted by Crippen LogP contribution is 2.65. The molecule has 5 nitrogen and oxygen atoms in total. The molecule has 0 aromatic heterocycles. The van der Waals surface area contributed by atoms with Crippen molar-refractivity contribution in [2.75, 3.05) is 13.7 Å². The molecule has 0 spiro atoms. The number of methoxy groups -OCH3 is 1. The fraction of sp³-hybridized carbons (Fsp3) is 0.750. The number of nitrogens with one attached hydrogen (secondary N) is 1. The van der Waals surface area contributed by atoms with Crippen LogP contribution in [0, 0.1) is 52.3 Å². The van der Waals surface area contributed by atoms with E-state index in [4.69, 9.17) is 4.74 Å². The van der Waals surface area contributed by atoms with Gasteiger partial charge in [-0.3, -0.25) is 0 Å². The van der Waals surface area contributed by atoms with Crippen molar-refractivity contribution in [2.24, 2.45) is 40.9 Å². The zero-order valence-corrected chi connectivity index (χ0v) is 23.3. The molecule has 4 saturated carbocycles. The fourth-order valence-electron chi connectivity index (χ4n) is 9.70. The number of fused-ring (bicyclic) bond motifs is 5. The van der Waals surface area contributed by atoms with E-state index in [0.29, 0.717) is 34.9 Å². The van der Waals surface area contributed by atoms with Crippen LogP contribution in [0.2, 0.25) is 0 Å². The minimum absolute atomic E-state index is 0.341. The van der Waals surface area contributed by atoms with Gasteiger partial charge in [0.1, 0.15) is 0 Å². The van der Waals surface area contributed by atoms with Crippen molar-refractivity contribution >= 4 is 5.97 Å². The van der Waals surface area contributed by atoms with Crippen LogP contribution in [0.4, 0.5) is 0 Å². The Hall–Kier alpha value is -1.90. The first-order chi connectivity index (χ1) is 17.7. The van der Waals surface area contributed by atoms with Crippen LogP contribution in [-0.4, -0.2) is 36.4 Å². The van der Waals surface area contributed by atoms with E-state index >= 15 is 0 Å². The fourth-order valence-corrected chi connectivity index (χ4v) is 9.70. The Morgan fingerprint density at radius 3 is 2.68 bits per heavy atom. The summed E-state index contributed by atoms with van der Waals surface area (Å²) in [5, 5.41) is 23.8. The van der Waals surface area contributed by atoms with Gasteiger partial charge >= 0.3 is 5.97 Å². The standard InChI is InChI=1S/C32H46N2O3/c1-20(34-16-13-22-17-21(19-33)5-7-25(22)30(35)37-4)28-9-10-29-27-8-6-23-18-31(2,36)14-11-24(23)26(27)12-15-32(28,29)3/h5,7,17,20,23-24,26-29,34,36H,6,8-16,18H2,1-4H3/t20-,23-,24+,26-,27-,28?,29+,31-,32-/m1/s1. The summed E-state index contributed by atoms with van der Waals surface area (Å²) in [5.74, 6) is 4.49. The number of esters is 1. The Morgan fingerprint density at radius 2 is 1.92 bits per heavy atom. The Labute approximate surface area is 223 Å². The molecule has 0 amide bonds. The lowest BCUT2D eigenvalue weighted by atomic mass is 9.49. The quantitative estimate of drug-likeness (QED) is 0.471. The average Bonchev–Trinajstić information content (AvgIpc) is 3.24. The maximum Gasteiger partial charge on any atom is 0.338 e. The van der Waals surface area contributed by atoms with Crippen molar-refractivity contribution < 1.29 is 14.6 Å². The number of hydrogen-bond acceptors (Lipinski definition) is 5. The van der Waals surface area contributed by atoms with Crippen molar-refractivity contribution in [3.05, 3.63) is 34.9 Å². The number of carbonyl (C=O) groups is 1. The molecule has 9 atom stereocenters. The van der Waals surface area contributed by atoms with Crippen LogP contribution in [0.1, 0.15) is 100 Å². The highest BCUT2D eigenvalue weighted by Gasteiger charge is 2.58.